The van der Waals surface area contributed by atoms with Gasteiger partial charge in [-0.2, -0.15) is 8.42 Å². The maximum atomic E-state index is 12.3. The Bertz CT molecular complexity index is 1680. The molecule has 0 unspecified atom stereocenters. The van der Waals surface area contributed by atoms with Crippen LogP contribution in [0.25, 0.3) is 21.8 Å². The molecule has 0 radical (unpaired) electrons. The molecule has 0 aliphatic heterocycles. The summed E-state index contributed by atoms with van der Waals surface area (Å²) in [5, 5.41) is 2.82. The molecule has 35 heavy (non-hydrogen) atoms. The monoisotopic (exact) mass is 481 g/mol. The van der Waals surface area contributed by atoms with E-state index in [9.17, 15) is 8.42 Å². The molecule has 0 atom stereocenters. The molecule has 0 spiro atoms. The lowest BCUT2D eigenvalue weighted by Crippen LogP contribution is -2.24. The Morgan fingerprint density at radius 2 is 1.26 bits per heavy atom. The van der Waals surface area contributed by atoms with Gasteiger partial charge in [-0.3, -0.25) is 0 Å². The fourth-order valence-electron chi connectivity index (χ4n) is 4.16. The number of aromatic nitrogens is 1. The van der Waals surface area contributed by atoms with Crippen molar-refractivity contribution in [1.29, 1.82) is 0 Å². The highest BCUT2D eigenvalue weighted by atomic mass is 32.2. The average molecular weight is 482 g/mol. The summed E-state index contributed by atoms with van der Waals surface area (Å²) in [7, 11) is -3.96. The number of guanidine groups is 1. The third-order valence-corrected chi connectivity index (χ3v) is 7.00. The van der Waals surface area contributed by atoms with E-state index in [0.29, 0.717) is 5.69 Å². The maximum Gasteiger partial charge on any atom is 0.285 e. The normalized spacial score (nSPS) is 11.4. The first kappa shape index (κ1) is 22.4. The number of fused-ring (bicyclic) bond motifs is 2. The molecular weight excluding hydrogens is 458 g/mol. The van der Waals surface area contributed by atoms with Crippen LogP contribution in [0.5, 0.6) is 0 Å². The first-order chi connectivity index (χ1) is 16.9. The van der Waals surface area contributed by atoms with Crippen LogP contribution >= 0.6 is 0 Å². The predicted octanol–water partition coefficient (Wildman–Crippen LogP) is 4.04. The Kier molecular flexibility index (Phi) is 5.80. The van der Waals surface area contributed by atoms with E-state index in [4.69, 9.17) is 16.5 Å². The van der Waals surface area contributed by atoms with Crippen molar-refractivity contribution in [1.82, 2.24) is 4.57 Å². The molecule has 0 bridgehead atoms. The van der Waals surface area contributed by atoms with Crippen LogP contribution < -0.4 is 16.8 Å². The molecule has 4 aromatic carbocycles. The molecular formula is C27H23N5O2S. The molecule has 0 saturated carbocycles. The lowest BCUT2D eigenvalue weighted by molar-refractivity contribution is 0.598. The smallest absolute Gasteiger partial charge is 0.285 e. The molecule has 174 valence electrons. The van der Waals surface area contributed by atoms with Crippen molar-refractivity contribution < 1.29 is 8.42 Å². The number of sulfonamides is 1. The van der Waals surface area contributed by atoms with Gasteiger partial charge in [-0.1, -0.05) is 66.7 Å². The molecule has 1 heterocycles. The number of benzene rings is 4. The third-order valence-electron chi connectivity index (χ3n) is 5.68. The van der Waals surface area contributed by atoms with Crippen molar-refractivity contribution in [3.63, 3.8) is 0 Å². The minimum atomic E-state index is -3.96. The summed E-state index contributed by atoms with van der Waals surface area (Å²) in [6, 6.07) is 32.8. The summed E-state index contributed by atoms with van der Waals surface area (Å²) in [6.45, 7) is 0.722. The molecule has 1 aromatic heterocycles. The Morgan fingerprint density at radius 3 is 1.83 bits per heavy atom. The van der Waals surface area contributed by atoms with E-state index in [2.05, 4.69) is 45.4 Å². The highest BCUT2D eigenvalue weighted by Crippen LogP contribution is 2.23. The quantitative estimate of drug-likeness (QED) is 0.224. The van der Waals surface area contributed by atoms with Gasteiger partial charge >= 0.3 is 0 Å². The van der Waals surface area contributed by atoms with Gasteiger partial charge in [0.25, 0.3) is 10.0 Å². The number of rotatable bonds is 5. The summed E-state index contributed by atoms with van der Waals surface area (Å²) in [5.74, 6) is -0.509. The second-order valence-electron chi connectivity index (χ2n) is 8.05. The van der Waals surface area contributed by atoms with Crippen LogP contribution in [-0.2, 0) is 16.6 Å². The van der Waals surface area contributed by atoms with Gasteiger partial charge in [0.2, 0.25) is 5.96 Å². The summed E-state index contributed by atoms with van der Waals surface area (Å²) in [4.78, 5) is 4.93. The molecule has 5 rings (SSSR count). The van der Waals surface area contributed by atoms with Gasteiger partial charge < -0.3 is 16.0 Å². The molecule has 0 amide bonds. The van der Waals surface area contributed by atoms with E-state index in [1.54, 1.807) is 12.1 Å². The molecule has 0 aliphatic carbocycles. The van der Waals surface area contributed by atoms with Gasteiger partial charge in [-0.25, -0.2) is 4.99 Å². The number of hydrogen-bond donors (Lipinski definition) is 2. The van der Waals surface area contributed by atoms with Crippen LogP contribution in [0.2, 0.25) is 0 Å². The predicted molar refractivity (Wildman–Crippen MR) is 140 cm³/mol. The Labute approximate surface area is 202 Å². The van der Waals surface area contributed by atoms with Crippen molar-refractivity contribution in [2.45, 2.75) is 11.4 Å². The summed E-state index contributed by atoms with van der Waals surface area (Å²) >= 11 is 0. The topological polar surface area (TPSA) is 116 Å². The highest BCUT2D eigenvalue weighted by molar-refractivity contribution is 7.90. The van der Waals surface area contributed by atoms with Gasteiger partial charge in [-0.15, -0.1) is 4.40 Å². The fraction of sp³-hybridized carbons (Fsp3) is 0.0370. The molecule has 0 fully saturated rings. The average Bonchev–Trinajstić information content (AvgIpc) is 2.86. The highest BCUT2D eigenvalue weighted by Gasteiger charge is 2.13. The minimum absolute atomic E-state index is 0.00618. The van der Waals surface area contributed by atoms with Crippen molar-refractivity contribution in [2.75, 3.05) is 0 Å². The number of hydrogen-bond acceptors (Lipinski definition) is 3. The van der Waals surface area contributed by atoms with E-state index in [0.717, 1.165) is 33.7 Å². The largest absolute Gasteiger partial charge is 0.369 e. The minimum Gasteiger partial charge on any atom is -0.369 e. The van der Waals surface area contributed by atoms with Crippen LogP contribution in [0.3, 0.4) is 0 Å². The standard InChI is InChI=1S/C27H23N5O2S/c28-27(29)31-35(33,34)21-16-14-20(15-17-21)30-26-22-10-4-6-12-24(22)32(18-19-8-2-1-3-9-19)25-13-7-5-11-23(25)26/h1-17H,18H2,(H4,28,29,31). The maximum absolute atomic E-state index is 12.3. The Morgan fingerprint density at radius 1 is 0.714 bits per heavy atom. The van der Waals surface area contributed by atoms with Crippen molar-refractivity contribution in [2.24, 2.45) is 20.9 Å². The summed E-state index contributed by atoms with van der Waals surface area (Å²) < 4.78 is 30.2. The summed E-state index contributed by atoms with van der Waals surface area (Å²) in [6.07, 6.45) is 0. The van der Waals surface area contributed by atoms with Gasteiger partial charge in [0, 0.05) is 17.3 Å². The molecule has 0 saturated heterocycles. The van der Waals surface area contributed by atoms with Gasteiger partial charge in [0.15, 0.2) is 0 Å². The van der Waals surface area contributed by atoms with Gasteiger partial charge in [0.05, 0.1) is 27.0 Å². The second-order valence-corrected chi connectivity index (χ2v) is 9.66. The van der Waals surface area contributed by atoms with E-state index in [1.807, 2.05) is 42.5 Å². The number of para-hydroxylation sites is 2. The van der Waals surface area contributed by atoms with Crippen LogP contribution in [-0.4, -0.2) is 18.9 Å². The Balaban J connectivity index is 1.72. The van der Waals surface area contributed by atoms with Gasteiger partial charge in [0.1, 0.15) is 0 Å². The third kappa shape index (κ3) is 4.51. The molecule has 5 aromatic rings. The second kappa shape index (κ2) is 9.08. The molecule has 0 aliphatic rings. The van der Waals surface area contributed by atoms with E-state index >= 15 is 0 Å². The van der Waals surface area contributed by atoms with Crippen LogP contribution in [0.15, 0.2) is 117 Å². The molecule has 7 nitrogen and oxygen atoms in total. The SMILES string of the molecule is NC(N)=NS(=O)(=O)c1ccc(N=c2c3ccccc3n(Cc3ccccc3)c3ccccc23)cc1. The lowest BCUT2D eigenvalue weighted by atomic mass is 10.1. The molecule has 8 heteroatoms. The first-order valence-electron chi connectivity index (χ1n) is 11.0. The number of pyridine rings is 1. The number of nitrogens with two attached hydrogens (primary N) is 2. The fourth-order valence-corrected chi connectivity index (χ4v) is 5.03. The lowest BCUT2D eigenvalue weighted by Gasteiger charge is -2.16. The zero-order valence-corrected chi connectivity index (χ0v) is 19.6. The van der Waals surface area contributed by atoms with E-state index in [-0.39, 0.29) is 4.90 Å². The first-order valence-corrected chi connectivity index (χ1v) is 12.4. The summed E-state index contributed by atoms with van der Waals surface area (Å²) in [5.41, 5.74) is 14.4. The van der Waals surface area contributed by atoms with Crippen LogP contribution in [0.1, 0.15) is 5.56 Å². The van der Waals surface area contributed by atoms with E-state index < -0.39 is 16.0 Å². The van der Waals surface area contributed by atoms with Crippen LogP contribution in [0, 0.1) is 0 Å². The van der Waals surface area contributed by atoms with Crippen molar-refractivity contribution in [3.8, 4) is 0 Å². The number of nitrogens with zero attached hydrogens (tertiary/aromatic N) is 3. The van der Waals surface area contributed by atoms with Crippen molar-refractivity contribution in [3.05, 3.63) is 114 Å². The van der Waals surface area contributed by atoms with Gasteiger partial charge in [-0.05, 0) is 42.0 Å². The van der Waals surface area contributed by atoms with E-state index in [1.165, 1.54) is 17.7 Å². The van der Waals surface area contributed by atoms with Crippen molar-refractivity contribution >= 4 is 43.5 Å². The zero-order chi connectivity index (χ0) is 24.4. The Hall–Kier alpha value is -4.43. The van der Waals surface area contributed by atoms with Crippen LogP contribution in [0.4, 0.5) is 5.69 Å². The molecule has 4 N–H and O–H groups in total. The zero-order valence-electron chi connectivity index (χ0n) is 18.7.